The highest BCUT2D eigenvalue weighted by atomic mass is 32.1. The number of benzene rings is 1. The van der Waals surface area contributed by atoms with Crippen molar-refractivity contribution in [3.05, 3.63) is 28.6 Å². The Labute approximate surface area is 125 Å². The molecule has 8 heteroatoms. The molecule has 0 radical (unpaired) electrons. The lowest BCUT2D eigenvalue weighted by Crippen LogP contribution is -2.22. The summed E-state index contributed by atoms with van der Waals surface area (Å²) in [6, 6.07) is 5.55. The lowest BCUT2D eigenvalue weighted by Gasteiger charge is -2.05. The summed E-state index contributed by atoms with van der Waals surface area (Å²) in [7, 11) is 1.73. The zero-order valence-corrected chi connectivity index (χ0v) is 12.1. The van der Waals surface area contributed by atoms with Crippen molar-refractivity contribution in [1.29, 1.82) is 0 Å². The number of fused-ring (bicyclic) bond motifs is 1. The first-order chi connectivity index (χ1) is 10.2. The van der Waals surface area contributed by atoms with Crippen molar-refractivity contribution in [3.8, 4) is 11.5 Å². The number of ether oxygens (including phenoxy) is 2. The van der Waals surface area contributed by atoms with E-state index in [1.807, 2.05) is 18.2 Å². The summed E-state index contributed by atoms with van der Waals surface area (Å²) in [6.07, 6.45) is 0. The number of nitrogens with two attached hydrogens (primary N) is 1. The number of nitrogen functional groups attached to an aromatic ring is 1. The summed E-state index contributed by atoms with van der Waals surface area (Å²) in [5.74, 6) is 1.39. The molecule has 2 aromatic rings. The third-order valence-electron chi connectivity index (χ3n) is 2.96. The van der Waals surface area contributed by atoms with Crippen molar-refractivity contribution in [2.45, 2.75) is 6.54 Å². The molecular weight excluding hydrogens is 292 g/mol. The number of hydrogen-bond donors (Lipinski definition) is 3. The van der Waals surface area contributed by atoms with Gasteiger partial charge in [-0.25, -0.2) is 4.98 Å². The zero-order chi connectivity index (χ0) is 14.8. The second-order valence-electron chi connectivity index (χ2n) is 4.35. The smallest absolute Gasteiger partial charge is 0.265 e. The molecule has 1 aromatic carbocycles. The van der Waals surface area contributed by atoms with Gasteiger partial charge in [0.15, 0.2) is 16.6 Å². The summed E-state index contributed by atoms with van der Waals surface area (Å²) in [5, 5.41) is 6.29. The van der Waals surface area contributed by atoms with Crippen LogP contribution >= 0.6 is 11.3 Å². The van der Waals surface area contributed by atoms with Gasteiger partial charge in [-0.3, -0.25) is 4.79 Å². The van der Waals surface area contributed by atoms with Crippen molar-refractivity contribution in [2.75, 3.05) is 24.9 Å². The summed E-state index contributed by atoms with van der Waals surface area (Å²) in [5.41, 5.74) is 6.64. The Bertz CT molecular complexity index is 686. The lowest BCUT2D eigenvalue weighted by atomic mass is 10.2. The maximum absolute atomic E-state index is 12.1. The van der Waals surface area contributed by atoms with E-state index in [1.54, 1.807) is 7.05 Å². The minimum atomic E-state index is -0.246. The Morgan fingerprint density at radius 2 is 2.24 bits per heavy atom. The summed E-state index contributed by atoms with van der Waals surface area (Å²) < 4.78 is 10.5. The van der Waals surface area contributed by atoms with Crippen LogP contribution in [0.3, 0.4) is 0 Å². The molecule has 110 valence electrons. The number of thiazole rings is 1. The summed E-state index contributed by atoms with van der Waals surface area (Å²) in [4.78, 5) is 16.5. The van der Waals surface area contributed by atoms with E-state index in [0.29, 0.717) is 22.3 Å². The van der Waals surface area contributed by atoms with Gasteiger partial charge in [0.1, 0.15) is 10.7 Å². The van der Waals surface area contributed by atoms with Crippen LogP contribution in [0.5, 0.6) is 11.5 Å². The first-order valence-electron chi connectivity index (χ1n) is 6.28. The molecule has 2 heterocycles. The molecule has 0 unspecified atom stereocenters. The highest BCUT2D eigenvalue weighted by molar-refractivity contribution is 7.18. The van der Waals surface area contributed by atoms with E-state index in [9.17, 15) is 4.79 Å². The standard InChI is InChI=1S/C13H14N4O3S/c1-15-13-17-11(14)10(21-13)12(18)16-5-7-2-3-8-9(4-7)20-6-19-8/h2-4H,5-6,14H2,1H3,(H,15,17)(H,16,18). The number of anilines is 2. The van der Waals surface area contributed by atoms with Gasteiger partial charge in [-0.15, -0.1) is 0 Å². The monoisotopic (exact) mass is 306 g/mol. The van der Waals surface area contributed by atoms with E-state index in [2.05, 4.69) is 15.6 Å². The number of hydrogen-bond acceptors (Lipinski definition) is 7. The Balaban J connectivity index is 1.67. The van der Waals surface area contributed by atoms with Crippen LogP contribution in [-0.4, -0.2) is 24.7 Å². The Hall–Kier alpha value is -2.48. The fourth-order valence-electron chi connectivity index (χ4n) is 1.92. The van der Waals surface area contributed by atoms with Crippen LogP contribution in [-0.2, 0) is 6.54 Å². The molecule has 0 aliphatic carbocycles. The van der Waals surface area contributed by atoms with E-state index in [-0.39, 0.29) is 18.5 Å². The van der Waals surface area contributed by atoms with Gasteiger partial charge in [-0.05, 0) is 17.7 Å². The third-order valence-corrected chi connectivity index (χ3v) is 4.05. The van der Waals surface area contributed by atoms with Crippen LogP contribution in [0.2, 0.25) is 0 Å². The second kappa shape index (κ2) is 5.49. The summed E-state index contributed by atoms with van der Waals surface area (Å²) in [6.45, 7) is 0.608. The van der Waals surface area contributed by atoms with Crippen LogP contribution < -0.4 is 25.8 Å². The predicted molar refractivity (Wildman–Crippen MR) is 79.8 cm³/mol. The largest absolute Gasteiger partial charge is 0.454 e. The van der Waals surface area contributed by atoms with Crippen LogP contribution in [0, 0.1) is 0 Å². The molecule has 1 aromatic heterocycles. The first-order valence-corrected chi connectivity index (χ1v) is 7.10. The zero-order valence-electron chi connectivity index (χ0n) is 11.3. The number of rotatable bonds is 4. The molecule has 0 atom stereocenters. The predicted octanol–water partition coefficient (Wildman–Crippen LogP) is 1.43. The van der Waals surface area contributed by atoms with E-state index in [4.69, 9.17) is 15.2 Å². The number of carbonyl (C=O) groups excluding carboxylic acids is 1. The molecule has 0 spiro atoms. The maximum Gasteiger partial charge on any atom is 0.265 e. The molecule has 1 aliphatic heterocycles. The number of aromatic nitrogens is 1. The van der Waals surface area contributed by atoms with Gasteiger partial charge in [-0.2, -0.15) is 0 Å². The molecule has 0 bridgehead atoms. The van der Waals surface area contributed by atoms with Crippen LogP contribution in [0.4, 0.5) is 10.9 Å². The van der Waals surface area contributed by atoms with Gasteiger partial charge >= 0.3 is 0 Å². The van der Waals surface area contributed by atoms with Gasteiger partial charge in [0.25, 0.3) is 5.91 Å². The van der Waals surface area contributed by atoms with Crippen LogP contribution in [0.15, 0.2) is 18.2 Å². The summed E-state index contributed by atoms with van der Waals surface area (Å²) >= 11 is 1.22. The van der Waals surface area contributed by atoms with Gasteiger partial charge in [-0.1, -0.05) is 17.4 Å². The normalized spacial score (nSPS) is 12.2. The van der Waals surface area contributed by atoms with Gasteiger partial charge < -0.3 is 25.8 Å². The van der Waals surface area contributed by atoms with Gasteiger partial charge in [0.05, 0.1) is 0 Å². The third kappa shape index (κ3) is 2.70. The molecule has 3 rings (SSSR count). The molecule has 7 nitrogen and oxygen atoms in total. The second-order valence-corrected chi connectivity index (χ2v) is 5.35. The molecule has 0 saturated carbocycles. The minimum Gasteiger partial charge on any atom is -0.454 e. The van der Waals surface area contributed by atoms with E-state index < -0.39 is 0 Å². The molecular formula is C13H14N4O3S. The topological polar surface area (TPSA) is 98.5 Å². The SMILES string of the molecule is CNc1nc(N)c(C(=O)NCc2ccc3c(c2)OCO3)s1. The van der Waals surface area contributed by atoms with Gasteiger partial charge in [0.2, 0.25) is 6.79 Å². The maximum atomic E-state index is 12.1. The lowest BCUT2D eigenvalue weighted by molar-refractivity contribution is 0.0955. The highest BCUT2D eigenvalue weighted by Crippen LogP contribution is 2.32. The number of carbonyl (C=O) groups is 1. The van der Waals surface area contributed by atoms with Crippen molar-refractivity contribution in [2.24, 2.45) is 0 Å². The number of amides is 1. The highest BCUT2D eigenvalue weighted by Gasteiger charge is 2.17. The molecule has 0 saturated heterocycles. The molecule has 0 fully saturated rings. The molecule has 1 amide bonds. The fourth-order valence-corrected chi connectivity index (χ4v) is 2.67. The van der Waals surface area contributed by atoms with Crippen LogP contribution in [0.1, 0.15) is 15.2 Å². The van der Waals surface area contributed by atoms with E-state index >= 15 is 0 Å². The fraction of sp³-hybridized carbons (Fsp3) is 0.231. The minimum absolute atomic E-state index is 0.229. The van der Waals surface area contributed by atoms with E-state index in [0.717, 1.165) is 11.3 Å². The quantitative estimate of drug-likeness (QED) is 0.790. The molecule has 21 heavy (non-hydrogen) atoms. The molecule has 1 aliphatic rings. The number of nitrogens with zero attached hydrogens (tertiary/aromatic N) is 1. The van der Waals surface area contributed by atoms with Crippen molar-refractivity contribution in [1.82, 2.24) is 10.3 Å². The van der Waals surface area contributed by atoms with Crippen molar-refractivity contribution < 1.29 is 14.3 Å². The van der Waals surface area contributed by atoms with Crippen molar-refractivity contribution in [3.63, 3.8) is 0 Å². The number of nitrogens with one attached hydrogen (secondary N) is 2. The van der Waals surface area contributed by atoms with Gasteiger partial charge in [0, 0.05) is 13.6 Å². The van der Waals surface area contributed by atoms with Crippen LogP contribution in [0.25, 0.3) is 0 Å². The molecule has 4 N–H and O–H groups in total. The Morgan fingerprint density at radius 3 is 3.00 bits per heavy atom. The Morgan fingerprint density at radius 1 is 1.43 bits per heavy atom. The first kappa shape index (κ1) is 13.5. The Kier molecular flexibility index (Phi) is 3.53. The average Bonchev–Trinajstić information content (AvgIpc) is 3.10. The van der Waals surface area contributed by atoms with E-state index in [1.165, 1.54) is 11.3 Å². The van der Waals surface area contributed by atoms with Crippen molar-refractivity contribution >= 4 is 28.2 Å². The average molecular weight is 306 g/mol.